The van der Waals surface area contributed by atoms with E-state index in [-0.39, 0.29) is 18.0 Å². The van der Waals surface area contributed by atoms with Crippen LogP contribution in [0.3, 0.4) is 0 Å². The average molecular weight is 388 g/mol. The van der Waals surface area contributed by atoms with Crippen molar-refractivity contribution in [2.24, 2.45) is 0 Å². The number of nitrogens with two attached hydrogens (primary N) is 1. The Balaban J connectivity index is 1.73. The Hall–Kier alpha value is -2.38. The molecule has 0 saturated heterocycles. The summed E-state index contributed by atoms with van der Waals surface area (Å²) in [4.78, 5) is 28.0. The number of esters is 1. The molecule has 0 radical (unpaired) electrons. The molecule has 1 unspecified atom stereocenters. The fraction of sp³-hybridized carbons (Fsp3) is 0.400. The second kappa shape index (κ2) is 8.54. The van der Waals surface area contributed by atoms with Crippen LogP contribution < -0.4 is 11.1 Å². The van der Waals surface area contributed by atoms with Crippen molar-refractivity contribution in [2.75, 3.05) is 18.9 Å². The summed E-state index contributed by atoms with van der Waals surface area (Å²) in [5, 5.41) is 3.63. The summed E-state index contributed by atoms with van der Waals surface area (Å²) in [6.45, 7) is 5.59. The maximum Gasteiger partial charge on any atom is 0.341 e. The highest BCUT2D eigenvalue weighted by Crippen LogP contribution is 2.36. The summed E-state index contributed by atoms with van der Waals surface area (Å²) in [7, 11) is 0. The van der Waals surface area contributed by atoms with Crippen LogP contribution in [-0.2, 0) is 17.7 Å². The molecule has 144 valence electrons. The maximum atomic E-state index is 12.5. The Morgan fingerprint density at radius 3 is 2.70 bits per heavy atom. The predicted molar refractivity (Wildman–Crippen MR) is 107 cm³/mol. The Kier molecular flexibility index (Phi) is 6.13. The normalized spacial score (nSPS) is 15.0. The molecule has 2 heterocycles. The fourth-order valence-electron chi connectivity index (χ4n) is 3.41. The number of hydrogen-bond acceptors (Lipinski definition) is 6. The lowest BCUT2D eigenvalue weighted by atomic mass is 10.0. The first-order chi connectivity index (χ1) is 13.0. The Labute approximate surface area is 163 Å². The lowest BCUT2D eigenvalue weighted by Gasteiger charge is -2.34. The van der Waals surface area contributed by atoms with Gasteiger partial charge in [0.1, 0.15) is 5.00 Å². The van der Waals surface area contributed by atoms with Gasteiger partial charge in [0, 0.05) is 23.5 Å². The number of carbonyl (C=O) groups excluding carboxylic acids is 2. The first-order valence-corrected chi connectivity index (χ1v) is 10.0. The van der Waals surface area contributed by atoms with E-state index in [2.05, 4.69) is 17.1 Å². The van der Waals surface area contributed by atoms with Gasteiger partial charge in [-0.05, 0) is 37.5 Å². The van der Waals surface area contributed by atoms with E-state index < -0.39 is 0 Å². The van der Waals surface area contributed by atoms with Crippen LogP contribution in [0.5, 0.6) is 0 Å². The molecule has 1 atom stereocenters. The monoisotopic (exact) mass is 387 g/mol. The van der Waals surface area contributed by atoms with Crippen LogP contribution in [0.15, 0.2) is 30.3 Å². The molecule has 1 aliphatic rings. The van der Waals surface area contributed by atoms with E-state index in [1.165, 1.54) is 11.3 Å². The smallest absolute Gasteiger partial charge is 0.341 e. The zero-order valence-electron chi connectivity index (χ0n) is 15.7. The molecule has 27 heavy (non-hydrogen) atoms. The van der Waals surface area contributed by atoms with Gasteiger partial charge in [0.2, 0.25) is 0 Å². The summed E-state index contributed by atoms with van der Waals surface area (Å²) in [5.41, 5.74) is 8.27. The highest BCUT2D eigenvalue weighted by Gasteiger charge is 2.30. The Bertz CT molecular complexity index is 819. The number of nitrogens with zero attached hydrogens (tertiary/aromatic N) is 1. The molecule has 1 aromatic heterocycles. The summed E-state index contributed by atoms with van der Waals surface area (Å²) in [6.07, 6.45) is 1.44. The molecule has 0 spiro atoms. The lowest BCUT2D eigenvalue weighted by molar-refractivity contribution is 0.0525. The molecule has 2 aromatic rings. The second-order valence-corrected chi connectivity index (χ2v) is 7.58. The summed E-state index contributed by atoms with van der Waals surface area (Å²) >= 11 is 1.44. The molecule has 1 amide bonds. The summed E-state index contributed by atoms with van der Waals surface area (Å²) in [6, 6.07) is 9.22. The van der Waals surface area contributed by atoms with Gasteiger partial charge in [0.05, 0.1) is 18.3 Å². The first kappa shape index (κ1) is 19.4. The first-order valence-electron chi connectivity index (χ1n) is 9.22. The van der Waals surface area contributed by atoms with Gasteiger partial charge >= 0.3 is 5.97 Å². The summed E-state index contributed by atoms with van der Waals surface area (Å²) < 4.78 is 5.15. The number of benzene rings is 1. The van der Waals surface area contributed by atoms with Gasteiger partial charge in [0.15, 0.2) is 0 Å². The van der Waals surface area contributed by atoms with E-state index in [9.17, 15) is 9.59 Å². The van der Waals surface area contributed by atoms with Gasteiger partial charge in [-0.1, -0.05) is 25.1 Å². The third kappa shape index (κ3) is 4.14. The standard InChI is InChI=1S/C20H25N3O3S/c1-3-16(22-19(24)13-8-6-5-7-9-13)23-11-10-14-15(12-23)27-18(21)17(14)20(25)26-4-2/h5-9,16H,3-4,10-12,21H2,1-2H3,(H,22,24). The van der Waals surface area contributed by atoms with Crippen molar-refractivity contribution in [2.45, 2.75) is 39.4 Å². The van der Waals surface area contributed by atoms with E-state index in [1.54, 1.807) is 6.92 Å². The minimum atomic E-state index is -0.342. The third-order valence-electron chi connectivity index (χ3n) is 4.75. The minimum Gasteiger partial charge on any atom is -0.462 e. The number of nitrogen functional groups attached to an aromatic ring is 1. The van der Waals surface area contributed by atoms with Crippen molar-refractivity contribution in [1.29, 1.82) is 0 Å². The number of nitrogens with one attached hydrogen (secondary N) is 1. The zero-order valence-corrected chi connectivity index (χ0v) is 16.5. The largest absolute Gasteiger partial charge is 0.462 e. The van der Waals surface area contributed by atoms with Crippen molar-refractivity contribution in [1.82, 2.24) is 10.2 Å². The third-order valence-corrected chi connectivity index (χ3v) is 5.80. The fourth-order valence-corrected chi connectivity index (χ4v) is 4.55. The molecule has 0 fully saturated rings. The molecule has 0 aliphatic carbocycles. The SMILES string of the molecule is CCOC(=O)c1c(N)sc2c1CCN(C(CC)NC(=O)c1ccccc1)C2. The van der Waals surface area contributed by atoms with E-state index >= 15 is 0 Å². The number of carbonyl (C=O) groups is 2. The molecule has 1 aromatic carbocycles. The van der Waals surface area contributed by atoms with Crippen molar-refractivity contribution in [3.8, 4) is 0 Å². The topological polar surface area (TPSA) is 84.7 Å². The van der Waals surface area contributed by atoms with Crippen molar-refractivity contribution >= 4 is 28.2 Å². The maximum absolute atomic E-state index is 12.5. The van der Waals surface area contributed by atoms with E-state index in [0.29, 0.717) is 29.3 Å². The molecule has 1 aliphatic heterocycles. The van der Waals surface area contributed by atoms with Gasteiger partial charge in [-0.15, -0.1) is 11.3 Å². The average Bonchev–Trinajstić information content (AvgIpc) is 3.01. The lowest BCUT2D eigenvalue weighted by Crippen LogP contribution is -2.49. The number of fused-ring (bicyclic) bond motifs is 1. The number of amides is 1. The van der Waals surface area contributed by atoms with E-state index in [4.69, 9.17) is 10.5 Å². The molecule has 6 nitrogen and oxygen atoms in total. The predicted octanol–water partition coefficient (Wildman–Crippen LogP) is 3.03. The number of ether oxygens (including phenoxy) is 1. The Morgan fingerprint density at radius 2 is 2.04 bits per heavy atom. The number of hydrogen-bond donors (Lipinski definition) is 2. The second-order valence-electron chi connectivity index (χ2n) is 6.45. The zero-order chi connectivity index (χ0) is 19.4. The minimum absolute atomic E-state index is 0.0692. The van der Waals surface area contributed by atoms with Crippen LogP contribution in [0.2, 0.25) is 0 Å². The van der Waals surface area contributed by atoms with Gasteiger partial charge in [-0.3, -0.25) is 9.69 Å². The molecule has 3 rings (SSSR count). The highest BCUT2D eigenvalue weighted by atomic mass is 32.1. The van der Waals surface area contributed by atoms with Gasteiger partial charge in [-0.2, -0.15) is 0 Å². The highest BCUT2D eigenvalue weighted by molar-refractivity contribution is 7.16. The number of anilines is 1. The van der Waals surface area contributed by atoms with Crippen LogP contribution in [0.25, 0.3) is 0 Å². The molecular weight excluding hydrogens is 362 g/mol. The van der Waals surface area contributed by atoms with E-state index in [0.717, 1.165) is 29.8 Å². The van der Waals surface area contributed by atoms with Crippen LogP contribution in [0, 0.1) is 0 Å². The molecule has 7 heteroatoms. The summed E-state index contributed by atoms with van der Waals surface area (Å²) in [5.74, 6) is -0.420. The van der Waals surface area contributed by atoms with Crippen molar-refractivity contribution in [3.05, 3.63) is 51.9 Å². The Morgan fingerprint density at radius 1 is 1.30 bits per heavy atom. The quantitative estimate of drug-likeness (QED) is 0.744. The van der Waals surface area contributed by atoms with Crippen LogP contribution in [0.4, 0.5) is 5.00 Å². The van der Waals surface area contributed by atoms with Crippen LogP contribution >= 0.6 is 11.3 Å². The van der Waals surface area contributed by atoms with Crippen LogP contribution in [0.1, 0.15) is 51.4 Å². The van der Waals surface area contributed by atoms with E-state index in [1.807, 2.05) is 30.3 Å². The number of thiophene rings is 1. The number of rotatable bonds is 6. The molecule has 0 bridgehead atoms. The molecule has 3 N–H and O–H groups in total. The molecular formula is C20H25N3O3S. The van der Waals surface area contributed by atoms with Gasteiger partial charge < -0.3 is 15.8 Å². The van der Waals surface area contributed by atoms with Gasteiger partial charge in [0.25, 0.3) is 5.91 Å². The van der Waals surface area contributed by atoms with Gasteiger partial charge in [-0.25, -0.2) is 4.79 Å². The molecule has 0 saturated carbocycles. The van der Waals surface area contributed by atoms with Crippen molar-refractivity contribution < 1.29 is 14.3 Å². The van der Waals surface area contributed by atoms with Crippen LogP contribution in [-0.4, -0.2) is 36.1 Å². The van der Waals surface area contributed by atoms with Crippen molar-refractivity contribution in [3.63, 3.8) is 0 Å².